The summed E-state index contributed by atoms with van der Waals surface area (Å²) in [4.78, 5) is 10.4. The van der Waals surface area contributed by atoms with Gasteiger partial charge in [0.2, 0.25) is 0 Å². The molecule has 0 amide bonds. The summed E-state index contributed by atoms with van der Waals surface area (Å²) in [6.07, 6.45) is 3.88. The van der Waals surface area contributed by atoms with Crippen LogP contribution >= 0.6 is 0 Å². The number of benzene rings is 1. The van der Waals surface area contributed by atoms with Crippen molar-refractivity contribution in [2.24, 2.45) is 5.73 Å². The number of nitrogens with zero attached hydrogens (tertiary/aromatic N) is 1. The molecular weight excluding hydrogens is 232 g/mol. The van der Waals surface area contributed by atoms with Crippen LogP contribution in [0, 0.1) is 17.0 Å². The van der Waals surface area contributed by atoms with Gasteiger partial charge in [-0.05, 0) is 44.2 Å². The lowest BCUT2D eigenvalue weighted by molar-refractivity contribution is -0.385. The maximum atomic E-state index is 10.8. The number of non-ortho nitro benzene ring substituents is 1. The Morgan fingerprint density at radius 3 is 2.56 bits per heavy atom. The fourth-order valence-corrected chi connectivity index (χ4v) is 2.30. The van der Waals surface area contributed by atoms with Gasteiger partial charge in [0.05, 0.1) is 17.1 Å². The van der Waals surface area contributed by atoms with Crippen molar-refractivity contribution in [2.45, 2.75) is 44.8 Å². The van der Waals surface area contributed by atoms with E-state index in [9.17, 15) is 10.1 Å². The fraction of sp³-hybridized carbons (Fsp3) is 0.538. The minimum atomic E-state index is -0.392. The number of nitrogens with two attached hydrogens (primary N) is 1. The molecule has 0 unspecified atom stereocenters. The summed E-state index contributed by atoms with van der Waals surface area (Å²) in [6.45, 7) is 1.83. The molecule has 0 radical (unpaired) electrons. The van der Waals surface area contributed by atoms with Gasteiger partial charge in [0.25, 0.3) is 5.69 Å². The molecule has 5 nitrogen and oxygen atoms in total. The van der Waals surface area contributed by atoms with E-state index in [1.165, 1.54) is 6.07 Å². The van der Waals surface area contributed by atoms with Crippen LogP contribution in [0.5, 0.6) is 5.75 Å². The van der Waals surface area contributed by atoms with Gasteiger partial charge >= 0.3 is 0 Å². The van der Waals surface area contributed by atoms with Crippen molar-refractivity contribution in [3.8, 4) is 5.75 Å². The van der Waals surface area contributed by atoms with Crippen LogP contribution in [0.1, 0.15) is 31.2 Å². The number of aryl methyl sites for hydroxylation is 1. The lowest BCUT2D eigenvalue weighted by atomic mass is 9.94. The molecule has 1 saturated carbocycles. The predicted octanol–water partition coefficient (Wildman–Crippen LogP) is 2.55. The third-order valence-electron chi connectivity index (χ3n) is 3.27. The summed E-state index contributed by atoms with van der Waals surface area (Å²) in [5, 5.41) is 10.8. The number of ether oxygens (including phenoxy) is 1. The fourth-order valence-electron chi connectivity index (χ4n) is 2.30. The Morgan fingerprint density at radius 1 is 1.28 bits per heavy atom. The highest BCUT2D eigenvalue weighted by molar-refractivity contribution is 5.42. The smallest absolute Gasteiger partial charge is 0.273 e. The summed E-state index contributed by atoms with van der Waals surface area (Å²) in [5.41, 5.74) is 6.75. The first-order valence-corrected chi connectivity index (χ1v) is 6.23. The van der Waals surface area contributed by atoms with E-state index in [1.54, 1.807) is 6.07 Å². The van der Waals surface area contributed by atoms with Gasteiger partial charge in [0, 0.05) is 12.1 Å². The highest BCUT2D eigenvalue weighted by Gasteiger charge is 2.20. The first-order chi connectivity index (χ1) is 8.54. The van der Waals surface area contributed by atoms with Gasteiger partial charge in [-0.25, -0.2) is 0 Å². The molecule has 1 aliphatic carbocycles. The van der Waals surface area contributed by atoms with Crippen LogP contribution in [0.15, 0.2) is 18.2 Å². The largest absolute Gasteiger partial charge is 0.490 e. The van der Waals surface area contributed by atoms with Gasteiger partial charge in [-0.3, -0.25) is 10.1 Å². The number of nitro benzene ring substituents is 1. The highest BCUT2D eigenvalue weighted by atomic mass is 16.6. The molecule has 1 aromatic carbocycles. The van der Waals surface area contributed by atoms with E-state index < -0.39 is 4.92 Å². The first kappa shape index (κ1) is 12.8. The molecule has 0 saturated heterocycles. The van der Waals surface area contributed by atoms with Crippen LogP contribution in [0.2, 0.25) is 0 Å². The van der Waals surface area contributed by atoms with E-state index in [0.717, 1.165) is 31.2 Å². The molecule has 18 heavy (non-hydrogen) atoms. The molecule has 1 aliphatic rings. The summed E-state index contributed by atoms with van der Waals surface area (Å²) in [5.74, 6) is 0.585. The maximum absolute atomic E-state index is 10.8. The minimum Gasteiger partial charge on any atom is -0.490 e. The van der Waals surface area contributed by atoms with Crippen molar-refractivity contribution in [1.29, 1.82) is 0 Å². The maximum Gasteiger partial charge on any atom is 0.273 e. The second-order valence-electron chi connectivity index (χ2n) is 4.92. The quantitative estimate of drug-likeness (QED) is 0.660. The van der Waals surface area contributed by atoms with Gasteiger partial charge in [0.15, 0.2) is 0 Å². The zero-order valence-electron chi connectivity index (χ0n) is 10.5. The van der Waals surface area contributed by atoms with E-state index in [-0.39, 0.29) is 17.8 Å². The molecule has 0 aromatic heterocycles. The Morgan fingerprint density at radius 2 is 1.94 bits per heavy atom. The number of rotatable bonds is 3. The zero-order chi connectivity index (χ0) is 13.1. The molecule has 5 heteroatoms. The summed E-state index contributed by atoms with van der Waals surface area (Å²) in [6, 6.07) is 5.14. The van der Waals surface area contributed by atoms with Crippen LogP contribution in [-0.2, 0) is 0 Å². The van der Waals surface area contributed by atoms with Gasteiger partial charge in [0.1, 0.15) is 5.75 Å². The average Bonchev–Trinajstić information content (AvgIpc) is 2.31. The van der Waals surface area contributed by atoms with E-state index in [1.807, 2.05) is 13.0 Å². The Kier molecular flexibility index (Phi) is 3.81. The highest BCUT2D eigenvalue weighted by Crippen LogP contribution is 2.27. The Balaban J connectivity index is 2.07. The SMILES string of the molecule is Cc1cc(OC2CCC(N)CC2)cc([N+](=O)[O-])c1. The Bertz CT molecular complexity index is 440. The standard InChI is InChI=1S/C13H18N2O3/c1-9-6-11(15(16)17)8-13(7-9)18-12-4-2-10(14)3-5-12/h6-8,10,12H,2-5,14H2,1H3. The van der Waals surface area contributed by atoms with Crippen molar-refractivity contribution < 1.29 is 9.66 Å². The van der Waals surface area contributed by atoms with Crippen LogP contribution in [0.4, 0.5) is 5.69 Å². The van der Waals surface area contributed by atoms with Crippen molar-refractivity contribution in [3.63, 3.8) is 0 Å². The Labute approximate surface area is 106 Å². The predicted molar refractivity (Wildman–Crippen MR) is 68.7 cm³/mol. The van der Waals surface area contributed by atoms with E-state index in [4.69, 9.17) is 10.5 Å². The third-order valence-corrected chi connectivity index (χ3v) is 3.27. The van der Waals surface area contributed by atoms with Crippen molar-refractivity contribution in [2.75, 3.05) is 0 Å². The van der Waals surface area contributed by atoms with E-state index in [0.29, 0.717) is 5.75 Å². The normalized spacial score (nSPS) is 23.7. The van der Waals surface area contributed by atoms with Gasteiger partial charge in [-0.2, -0.15) is 0 Å². The van der Waals surface area contributed by atoms with Crippen molar-refractivity contribution >= 4 is 5.69 Å². The number of hydrogen-bond acceptors (Lipinski definition) is 4. The van der Waals surface area contributed by atoms with Crippen LogP contribution in [0.25, 0.3) is 0 Å². The van der Waals surface area contributed by atoms with E-state index >= 15 is 0 Å². The molecule has 0 aliphatic heterocycles. The molecular formula is C13H18N2O3. The molecule has 0 spiro atoms. The lowest BCUT2D eigenvalue weighted by Crippen LogP contribution is -2.31. The summed E-state index contributed by atoms with van der Waals surface area (Å²) >= 11 is 0. The van der Waals surface area contributed by atoms with Gasteiger partial charge < -0.3 is 10.5 Å². The average molecular weight is 250 g/mol. The van der Waals surface area contributed by atoms with Gasteiger partial charge in [-0.1, -0.05) is 0 Å². The second-order valence-corrected chi connectivity index (χ2v) is 4.92. The van der Waals surface area contributed by atoms with Crippen LogP contribution in [-0.4, -0.2) is 17.1 Å². The molecule has 0 heterocycles. The van der Waals surface area contributed by atoms with Crippen molar-refractivity contribution in [1.82, 2.24) is 0 Å². The minimum absolute atomic E-state index is 0.0810. The molecule has 2 rings (SSSR count). The van der Waals surface area contributed by atoms with Crippen molar-refractivity contribution in [3.05, 3.63) is 33.9 Å². The monoisotopic (exact) mass is 250 g/mol. The number of hydrogen-bond donors (Lipinski definition) is 1. The summed E-state index contributed by atoms with van der Waals surface area (Å²) in [7, 11) is 0. The van der Waals surface area contributed by atoms with Crippen LogP contribution in [0.3, 0.4) is 0 Å². The molecule has 1 aromatic rings. The molecule has 2 N–H and O–H groups in total. The molecule has 0 atom stereocenters. The molecule has 1 fully saturated rings. The Hall–Kier alpha value is -1.62. The molecule has 98 valence electrons. The second kappa shape index (κ2) is 5.35. The van der Waals surface area contributed by atoms with Crippen LogP contribution < -0.4 is 10.5 Å². The topological polar surface area (TPSA) is 78.4 Å². The lowest BCUT2D eigenvalue weighted by Gasteiger charge is -2.26. The molecule has 0 bridgehead atoms. The number of nitro groups is 1. The summed E-state index contributed by atoms with van der Waals surface area (Å²) < 4.78 is 5.82. The third kappa shape index (κ3) is 3.20. The van der Waals surface area contributed by atoms with E-state index in [2.05, 4.69) is 0 Å². The first-order valence-electron chi connectivity index (χ1n) is 6.23. The zero-order valence-corrected chi connectivity index (χ0v) is 10.5. The van der Waals surface area contributed by atoms with Gasteiger partial charge in [-0.15, -0.1) is 0 Å².